The zero-order valence-corrected chi connectivity index (χ0v) is 11.8. The van der Waals surface area contributed by atoms with Gasteiger partial charge in [-0.3, -0.25) is 19.9 Å². The van der Waals surface area contributed by atoms with Gasteiger partial charge < -0.3 is 5.32 Å². The van der Waals surface area contributed by atoms with Crippen LogP contribution in [0.3, 0.4) is 0 Å². The Morgan fingerprint density at radius 2 is 2.19 bits per heavy atom. The normalized spacial score (nSPS) is 10.2. The highest BCUT2D eigenvalue weighted by molar-refractivity contribution is 6.29. The number of nitro benzene ring substituents is 1. The van der Waals surface area contributed by atoms with Gasteiger partial charge in [0.2, 0.25) is 0 Å². The number of hydrogen-bond donors (Lipinski definition) is 1. The second-order valence-electron chi connectivity index (χ2n) is 4.14. The minimum absolute atomic E-state index is 0.0321. The van der Waals surface area contributed by atoms with Crippen LogP contribution in [-0.2, 0) is 6.42 Å². The number of nitro groups is 1. The minimum Gasteiger partial charge on any atom is -0.320 e. The summed E-state index contributed by atoms with van der Waals surface area (Å²) in [6, 6.07) is 4.52. The highest BCUT2D eigenvalue weighted by Crippen LogP contribution is 2.24. The van der Waals surface area contributed by atoms with Crippen LogP contribution in [0.4, 0.5) is 11.4 Å². The van der Waals surface area contributed by atoms with E-state index in [1.54, 1.807) is 12.1 Å². The first-order chi connectivity index (χ1) is 10.0. The van der Waals surface area contributed by atoms with Crippen molar-refractivity contribution in [1.82, 2.24) is 9.97 Å². The number of hydrogen-bond acceptors (Lipinski definition) is 5. The molecular weight excluding hydrogens is 296 g/mol. The van der Waals surface area contributed by atoms with Crippen LogP contribution >= 0.6 is 11.6 Å². The summed E-state index contributed by atoms with van der Waals surface area (Å²) in [5.74, 6) is -0.538. The summed E-state index contributed by atoms with van der Waals surface area (Å²) in [5, 5.41) is 13.6. The number of halogens is 1. The van der Waals surface area contributed by atoms with Crippen LogP contribution in [-0.4, -0.2) is 20.8 Å². The maximum absolute atomic E-state index is 12.0. The van der Waals surface area contributed by atoms with Crippen LogP contribution in [0.2, 0.25) is 5.15 Å². The highest BCUT2D eigenvalue weighted by Gasteiger charge is 2.15. The summed E-state index contributed by atoms with van der Waals surface area (Å²) in [7, 11) is 0. The van der Waals surface area contributed by atoms with Crippen LogP contribution < -0.4 is 5.32 Å². The number of nitrogens with one attached hydrogen (secondary N) is 1. The van der Waals surface area contributed by atoms with Gasteiger partial charge in [-0.2, -0.15) is 0 Å². The Balaban J connectivity index is 2.25. The first kappa shape index (κ1) is 14.9. The van der Waals surface area contributed by atoms with Gasteiger partial charge in [0.25, 0.3) is 11.6 Å². The summed E-state index contributed by atoms with van der Waals surface area (Å²) in [4.78, 5) is 30.0. The molecule has 0 saturated carbocycles. The maximum Gasteiger partial charge on any atom is 0.275 e. The topological polar surface area (TPSA) is 98.0 Å². The third kappa shape index (κ3) is 3.51. The molecule has 0 saturated heterocycles. The fourth-order valence-electron chi connectivity index (χ4n) is 1.76. The number of amides is 1. The number of carbonyl (C=O) groups excluding carboxylic acids is 1. The number of benzene rings is 1. The molecule has 21 heavy (non-hydrogen) atoms. The van der Waals surface area contributed by atoms with Crippen molar-refractivity contribution in [3.8, 4) is 0 Å². The lowest BCUT2D eigenvalue weighted by atomic mass is 10.1. The van der Waals surface area contributed by atoms with E-state index in [0.717, 1.165) is 0 Å². The fourth-order valence-corrected chi connectivity index (χ4v) is 1.90. The molecule has 108 valence electrons. The van der Waals surface area contributed by atoms with Crippen molar-refractivity contribution in [2.75, 3.05) is 5.32 Å². The van der Waals surface area contributed by atoms with Crippen molar-refractivity contribution >= 4 is 28.9 Å². The van der Waals surface area contributed by atoms with Crippen molar-refractivity contribution < 1.29 is 9.72 Å². The monoisotopic (exact) mass is 306 g/mol. The Kier molecular flexibility index (Phi) is 4.44. The molecule has 7 nitrogen and oxygen atoms in total. The molecule has 1 aromatic carbocycles. The summed E-state index contributed by atoms with van der Waals surface area (Å²) in [6.45, 7) is 1.82. The first-order valence-electron chi connectivity index (χ1n) is 6.07. The second-order valence-corrected chi connectivity index (χ2v) is 4.52. The van der Waals surface area contributed by atoms with Gasteiger partial charge in [-0.25, -0.2) is 4.98 Å². The van der Waals surface area contributed by atoms with Gasteiger partial charge in [-0.05, 0) is 12.5 Å². The number of aromatic nitrogens is 2. The summed E-state index contributed by atoms with van der Waals surface area (Å²) in [5.41, 5.74) is 0.906. The van der Waals surface area contributed by atoms with E-state index in [4.69, 9.17) is 11.6 Å². The van der Waals surface area contributed by atoms with E-state index in [-0.39, 0.29) is 16.5 Å². The Bertz CT molecular complexity index is 706. The van der Waals surface area contributed by atoms with Gasteiger partial charge in [0.15, 0.2) is 0 Å². The summed E-state index contributed by atoms with van der Waals surface area (Å²) >= 11 is 5.66. The van der Waals surface area contributed by atoms with Gasteiger partial charge in [0.1, 0.15) is 10.8 Å². The lowest BCUT2D eigenvalue weighted by Crippen LogP contribution is -2.14. The van der Waals surface area contributed by atoms with E-state index in [0.29, 0.717) is 17.7 Å². The van der Waals surface area contributed by atoms with Crippen molar-refractivity contribution in [3.05, 3.63) is 57.1 Å². The molecule has 8 heteroatoms. The van der Waals surface area contributed by atoms with E-state index in [2.05, 4.69) is 15.3 Å². The van der Waals surface area contributed by atoms with E-state index >= 15 is 0 Å². The first-order valence-corrected chi connectivity index (χ1v) is 6.45. The van der Waals surface area contributed by atoms with Crippen molar-refractivity contribution in [2.45, 2.75) is 13.3 Å². The van der Waals surface area contributed by atoms with Crippen LogP contribution in [0.25, 0.3) is 0 Å². The van der Waals surface area contributed by atoms with Crippen LogP contribution in [0.15, 0.2) is 30.6 Å². The molecule has 2 aromatic rings. The largest absolute Gasteiger partial charge is 0.320 e. The highest BCUT2D eigenvalue weighted by atomic mass is 35.5. The van der Waals surface area contributed by atoms with E-state index in [1.807, 2.05) is 6.92 Å². The molecule has 0 aliphatic rings. The number of rotatable bonds is 4. The molecule has 1 amide bonds. The predicted molar refractivity (Wildman–Crippen MR) is 77.5 cm³/mol. The second kappa shape index (κ2) is 6.27. The number of nitrogens with zero attached hydrogens (tertiary/aromatic N) is 3. The van der Waals surface area contributed by atoms with Gasteiger partial charge in [-0.1, -0.05) is 24.6 Å². The quantitative estimate of drug-likeness (QED) is 0.691. The average molecular weight is 307 g/mol. The number of anilines is 1. The minimum atomic E-state index is -0.538. The molecule has 0 aliphatic heterocycles. The predicted octanol–water partition coefficient (Wildman–Crippen LogP) is 2.85. The molecule has 0 atom stereocenters. The summed E-state index contributed by atoms with van der Waals surface area (Å²) < 4.78 is 0. The molecule has 2 rings (SSSR count). The number of aryl methyl sites for hydroxylation is 1. The van der Waals surface area contributed by atoms with E-state index in [1.165, 1.54) is 18.5 Å². The standard InChI is InChI=1S/C13H11ClN4O3/c1-2-8-3-4-9(5-11(8)18(20)21)16-13(19)10-6-15-7-12(14)17-10/h3-7H,2H2,1H3,(H,16,19). The SMILES string of the molecule is CCc1ccc(NC(=O)c2cncc(Cl)n2)cc1[N+](=O)[O-]. The third-order valence-corrected chi connectivity index (χ3v) is 2.94. The van der Waals surface area contributed by atoms with Gasteiger partial charge in [0.05, 0.1) is 17.3 Å². The fraction of sp³-hybridized carbons (Fsp3) is 0.154. The lowest BCUT2D eigenvalue weighted by Gasteiger charge is -2.06. The Hall–Kier alpha value is -2.54. The molecule has 0 spiro atoms. The maximum atomic E-state index is 12.0. The number of carbonyl (C=O) groups is 1. The van der Waals surface area contributed by atoms with Crippen LogP contribution in [0, 0.1) is 10.1 Å². The van der Waals surface area contributed by atoms with Crippen molar-refractivity contribution in [2.24, 2.45) is 0 Å². The zero-order chi connectivity index (χ0) is 15.4. The van der Waals surface area contributed by atoms with E-state index < -0.39 is 10.8 Å². The molecule has 0 fully saturated rings. The summed E-state index contributed by atoms with van der Waals surface area (Å²) in [6.07, 6.45) is 3.10. The molecule has 1 aromatic heterocycles. The Morgan fingerprint density at radius 1 is 1.43 bits per heavy atom. The van der Waals surface area contributed by atoms with E-state index in [9.17, 15) is 14.9 Å². The average Bonchev–Trinajstić information content (AvgIpc) is 2.47. The lowest BCUT2D eigenvalue weighted by molar-refractivity contribution is -0.385. The Labute approximate surface area is 125 Å². The molecule has 1 N–H and O–H groups in total. The molecule has 0 bridgehead atoms. The zero-order valence-electron chi connectivity index (χ0n) is 11.0. The molecule has 0 radical (unpaired) electrons. The van der Waals surface area contributed by atoms with Gasteiger partial charge in [0, 0.05) is 17.3 Å². The van der Waals surface area contributed by atoms with Crippen LogP contribution in [0.5, 0.6) is 0 Å². The van der Waals surface area contributed by atoms with Crippen molar-refractivity contribution in [3.63, 3.8) is 0 Å². The molecule has 0 unspecified atom stereocenters. The Morgan fingerprint density at radius 3 is 2.81 bits per heavy atom. The molecule has 0 aliphatic carbocycles. The van der Waals surface area contributed by atoms with Gasteiger partial charge in [-0.15, -0.1) is 0 Å². The smallest absolute Gasteiger partial charge is 0.275 e. The third-order valence-electron chi connectivity index (χ3n) is 2.76. The van der Waals surface area contributed by atoms with Crippen LogP contribution in [0.1, 0.15) is 23.0 Å². The molecular formula is C13H11ClN4O3. The van der Waals surface area contributed by atoms with Crippen molar-refractivity contribution in [1.29, 1.82) is 0 Å². The molecule has 1 heterocycles. The van der Waals surface area contributed by atoms with Gasteiger partial charge >= 0.3 is 0 Å².